The molecule has 0 spiro atoms. The Bertz CT molecular complexity index is 968. The van der Waals surface area contributed by atoms with Crippen molar-refractivity contribution in [1.82, 2.24) is 16.0 Å². The van der Waals surface area contributed by atoms with E-state index in [2.05, 4.69) is 38.5 Å². The van der Waals surface area contributed by atoms with Gasteiger partial charge in [0, 0.05) is 9.99 Å². The molecule has 0 aromatic heterocycles. The fourth-order valence-corrected chi connectivity index (χ4v) is 5.95. The number of hydrogen-bond acceptors (Lipinski definition) is 6. The number of carbonyl (C=O) groups excluding carboxylic acids is 3. The smallest absolute Gasteiger partial charge is 0.407 e. The normalized spacial score (nSPS) is 17.7. The predicted octanol–water partition coefficient (Wildman–Crippen LogP) is 4.70. The van der Waals surface area contributed by atoms with Crippen molar-refractivity contribution in [2.45, 2.75) is 123 Å². The summed E-state index contributed by atoms with van der Waals surface area (Å²) in [4.78, 5) is 39.6. The van der Waals surface area contributed by atoms with E-state index in [0.29, 0.717) is 25.2 Å². The van der Waals surface area contributed by atoms with E-state index in [1.54, 1.807) is 6.92 Å². The van der Waals surface area contributed by atoms with Crippen molar-refractivity contribution in [1.29, 1.82) is 0 Å². The molecule has 1 fully saturated rings. The Balaban J connectivity index is 2.24. The Hall–Kier alpha value is -1.92. The molecule has 0 radical (unpaired) electrons. The minimum absolute atomic E-state index is 0.0852. The molecule has 0 aliphatic heterocycles. The van der Waals surface area contributed by atoms with Gasteiger partial charge >= 0.3 is 6.09 Å². The summed E-state index contributed by atoms with van der Waals surface area (Å²) in [6.45, 7) is 9.74. The van der Waals surface area contributed by atoms with Crippen LogP contribution in [0.2, 0.25) is 0 Å². The number of nitrogens with one attached hydrogen (secondary N) is 3. The summed E-state index contributed by atoms with van der Waals surface area (Å²) in [5, 5.41) is 30.4. The van der Waals surface area contributed by atoms with E-state index in [-0.39, 0.29) is 24.9 Å². The fourth-order valence-electron chi connectivity index (χ4n) is 5.60. The van der Waals surface area contributed by atoms with E-state index in [9.17, 15) is 24.6 Å². The summed E-state index contributed by atoms with van der Waals surface area (Å²) in [7, 11) is 0. The second-order valence-electron chi connectivity index (χ2n) is 12.5. The van der Waals surface area contributed by atoms with Crippen LogP contribution in [-0.4, -0.2) is 65.1 Å². The zero-order valence-corrected chi connectivity index (χ0v) is 28.1. The Morgan fingerprint density at radius 1 is 0.881 bits per heavy atom. The first kappa shape index (κ1) is 36.3. The molecule has 42 heavy (non-hydrogen) atoms. The molecule has 1 aliphatic carbocycles. The van der Waals surface area contributed by atoms with Gasteiger partial charge in [0.25, 0.3) is 0 Å². The number of amides is 3. The second-order valence-corrected chi connectivity index (χ2v) is 13.7. The first-order valence-electron chi connectivity index (χ1n) is 15.5. The second kappa shape index (κ2) is 18.7. The zero-order chi connectivity index (χ0) is 31.2. The zero-order valence-electron chi connectivity index (χ0n) is 25.9. The summed E-state index contributed by atoms with van der Waals surface area (Å²) in [5.74, 6) is -0.271. The average Bonchev–Trinajstić information content (AvgIpc) is 2.92. The molecule has 1 saturated carbocycles. The van der Waals surface area contributed by atoms with Gasteiger partial charge in [0.1, 0.15) is 18.2 Å². The van der Waals surface area contributed by atoms with Crippen molar-refractivity contribution in [2.75, 3.05) is 6.61 Å². The summed E-state index contributed by atoms with van der Waals surface area (Å²) in [6, 6.07) is 5.17. The van der Waals surface area contributed by atoms with E-state index < -0.39 is 48.2 Å². The summed E-state index contributed by atoms with van der Waals surface area (Å²) in [5.41, 5.74) is 0.854. The van der Waals surface area contributed by atoms with Crippen LogP contribution < -0.4 is 16.0 Å². The van der Waals surface area contributed by atoms with Crippen LogP contribution in [0, 0.1) is 21.3 Å². The van der Waals surface area contributed by atoms with Gasteiger partial charge in [-0.05, 0) is 84.2 Å². The van der Waals surface area contributed by atoms with Crippen molar-refractivity contribution in [3.8, 4) is 0 Å². The van der Waals surface area contributed by atoms with Gasteiger partial charge in [-0.1, -0.05) is 71.9 Å². The molecule has 5 N–H and O–H groups in total. The molecule has 0 bridgehead atoms. The number of carbonyl (C=O) groups is 3. The number of aliphatic hydroxyl groups excluding tert-OH is 2. The number of hydrogen-bond donors (Lipinski definition) is 5. The fraction of sp³-hybridized carbons (Fsp3) is 0.719. The largest absolute Gasteiger partial charge is 0.450 e. The molecule has 1 aliphatic rings. The topological polar surface area (TPSA) is 137 Å². The lowest BCUT2D eigenvalue weighted by molar-refractivity contribution is -0.131. The maximum Gasteiger partial charge on any atom is 0.407 e. The SMILES string of the molecule is CCOC(=O)NC(Cc1ccc(I)cc1)C(=O)NC(CC(C)C)C(=O)N[C@@H](CC1CCCCC1)[C@@H](O)[C@@H](O)CC(C)C. The molecular formula is C32H52IN3O6. The Morgan fingerprint density at radius 3 is 2.05 bits per heavy atom. The van der Waals surface area contributed by atoms with Gasteiger partial charge in [-0.3, -0.25) is 9.59 Å². The van der Waals surface area contributed by atoms with Crippen LogP contribution in [0.4, 0.5) is 4.79 Å². The van der Waals surface area contributed by atoms with Crippen LogP contribution in [0.3, 0.4) is 0 Å². The number of aliphatic hydroxyl groups is 2. The van der Waals surface area contributed by atoms with Gasteiger partial charge in [0.2, 0.25) is 11.8 Å². The lowest BCUT2D eigenvalue weighted by atomic mass is 9.82. The lowest BCUT2D eigenvalue weighted by Crippen LogP contribution is -2.58. The highest BCUT2D eigenvalue weighted by Crippen LogP contribution is 2.29. The highest BCUT2D eigenvalue weighted by atomic mass is 127. The minimum Gasteiger partial charge on any atom is -0.450 e. The highest BCUT2D eigenvalue weighted by Gasteiger charge is 2.34. The van der Waals surface area contributed by atoms with Crippen LogP contribution in [-0.2, 0) is 20.7 Å². The molecule has 1 aromatic carbocycles. The first-order chi connectivity index (χ1) is 19.9. The molecular weight excluding hydrogens is 649 g/mol. The third-order valence-corrected chi connectivity index (χ3v) is 8.46. The van der Waals surface area contributed by atoms with Crippen LogP contribution in [0.5, 0.6) is 0 Å². The van der Waals surface area contributed by atoms with E-state index in [4.69, 9.17) is 4.74 Å². The summed E-state index contributed by atoms with van der Waals surface area (Å²) in [6.07, 6.45) is 4.30. The molecule has 5 atom stereocenters. The number of alkyl carbamates (subject to hydrolysis) is 1. The summed E-state index contributed by atoms with van der Waals surface area (Å²) >= 11 is 2.20. The van der Waals surface area contributed by atoms with Crippen molar-refractivity contribution < 1.29 is 29.3 Å². The number of rotatable bonds is 16. The standard InChI is InChI=1S/C32H52IN3O6/c1-6-42-32(41)36-27(19-23-12-14-24(33)15-13-23)31(40)35-26(16-20(2)3)30(39)34-25(18-22-10-8-7-9-11-22)29(38)28(37)17-21(4)5/h12-15,20-22,25-29,37-38H,6-11,16-19H2,1-5H3,(H,34,39)(H,35,40)(H,36,41)/t25-,26?,27?,28-,29+/m0/s1. The number of ether oxygens (including phenoxy) is 1. The molecule has 1 aromatic rings. The lowest BCUT2D eigenvalue weighted by Gasteiger charge is -2.34. The number of halogens is 1. The molecule has 2 unspecified atom stereocenters. The van der Waals surface area contributed by atoms with Gasteiger partial charge in [-0.25, -0.2) is 4.79 Å². The Morgan fingerprint density at radius 2 is 1.48 bits per heavy atom. The van der Waals surface area contributed by atoms with E-state index in [1.165, 1.54) is 6.42 Å². The molecule has 238 valence electrons. The maximum absolute atomic E-state index is 13.7. The third-order valence-electron chi connectivity index (χ3n) is 7.74. The van der Waals surface area contributed by atoms with E-state index in [1.807, 2.05) is 52.0 Å². The van der Waals surface area contributed by atoms with Crippen molar-refractivity contribution in [2.24, 2.45) is 17.8 Å². The van der Waals surface area contributed by atoms with Crippen LogP contribution in [0.1, 0.15) is 91.5 Å². The molecule has 0 heterocycles. The van der Waals surface area contributed by atoms with Gasteiger partial charge in [0.15, 0.2) is 0 Å². The summed E-state index contributed by atoms with van der Waals surface area (Å²) < 4.78 is 6.08. The van der Waals surface area contributed by atoms with Gasteiger partial charge in [0.05, 0.1) is 18.8 Å². The van der Waals surface area contributed by atoms with Crippen LogP contribution >= 0.6 is 22.6 Å². The van der Waals surface area contributed by atoms with Crippen LogP contribution in [0.15, 0.2) is 24.3 Å². The molecule has 0 saturated heterocycles. The molecule has 10 heteroatoms. The average molecular weight is 702 g/mol. The maximum atomic E-state index is 13.7. The molecule has 9 nitrogen and oxygen atoms in total. The van der Waals surface area contributed by atoms with Gasteiger partial charge in [-0.15, -0.1) is 0 Å². The quantitative estimate of drug-likeness (QED) is 0.159. The predicted molar refractivity (Wildman–Crippen MR) is 173 cm³/mol. The highest BCUT2D eigenvalue weighted by molar-refractivity contribution is 14.1. The number of benzene rings is 1. The van der Waals surface area contributed by atoms with Crippen LogP contribution in [0.25, 0.3) is 0 Å². The van der Waals surface area contributed by atoms with E-state index in [0.717, 1.165) is 34.8 Å². The van der Waals surface area contributed by atoms with Crippen molar-refractivity contribution in [3.63, 3.8) is 0 Å². The Labute approximate surface area is 265 Å². The van der Waals surface area contributed by atoms with Gasteiger partial charge < -0.3 is 30.9 Å². The molecule has 2 rings (SSSR count). The minimum atomic E-state index is -1.12. The van der Waals surface area contributed by atoms with Crippen molar-refractivity contribution >= 4 is 40.5 Å². The monoisotopic (exact) mass is 701 g/mol. The molecule has 3 amide bonds. The Kier molecular flexibility index (Phi) is 16.1. The first-order valence-corrected chi connectivity index (χ1v) is 16.6. The third kappa shape index (κ3) is 13.2. The van der Waals surface area contributed by atoms with Crippen molar-refractivity contribution in [3.05, 3.63) is 33.4 Å². The van der Waals surface area contributed by atoms with E-state index >= 15 is 0 Å². The van der Waals surface area contributed by atoms with Gasteiger partial charge in [-0.2, -0.15) is 0 Å².